The maximum Gasteiger partial charge on any atom is 0.240 e. The van der Waals surface area contributed by atoms with Gasteiger partial charge in [-0.3, -0.25) is 0 Å². The second kappa shape index (κ2) is 11.8. The zero-order valence-corrected chi connectivity index (χ0v) is 13.7. The van der Waals surface area contributed by atoms with Gasteiger partial charge in [0.1, 0.15) is 0 Å². The molecule has 1 aromatic carbocycles. The molecule has 0 saturated heterocycles. The summed E-state index contributed by atoms with van der Waals surface area (Å²) in [5.41, 5.74) is 5.92. The first-order valence-corrected chi connectivity index (χ1v) is 7.91. The van der Waals surface area contributed by atoms with Crippen LogP contribution < -0.4 is 10.5 Å². The molecule has 0 saturated carbocycles. The van der Waals surface area contributed by atoms with Crippen molar-refractivity contribution in [2.45, 2.75) is 11.8 Å². The van der Waals surface area contributed by atoms with E-state index in [1.165, 1.54) is 0 Å². The van der Waals surface area contributed by atoms with Gasteiger partial charge in [-0.2, -0.15) is 0 Å². The standard InChI is InChI=1S/C9H12ClNO2S.C2H6ClN.ClH/c1-8-2-4-9(5-3-8)14(12,13)11-7-6-10;3-1-2-4;/h2-5,11H,6-7H2,1H3;1-2,4H2;1H. The van der Waals surface area contributed by atoms with Crippen molar-refractivity contribution >= 4 is 45.6 Å². The molecule has 1 aromatic rings. The van der Waals surface area contributed by atoms with Crippen LogP contribution in [0.25, 0.3) is 0 Å². The normalized spacial score (nSPS) is 10.1. The van der Waals surface area contributed by atoms with Gasteiger partial charge in [-0.05, 0) is 19.1 Å². The summed E-state index contributed by atoms with van der Waals surface area (Å²) in [6, 6.07) is 6.67. The molecule has 8 heteroatoms. The highest BCUT2D eigenvalue weighted by molar-refractivity contribution is 7.89. The molecule has 0 amide bonds. The zero-order chi connectivity index (χ0) is 14.0. The fourth-order valence-electron chi connectivity index (χ4n) is 0.974. The van der Waals surface area contributed by atoms with Crippen LogP contribution in [0.1, 0.15) is 5.56 Å². The van der Waals surface area contributed by atoms with Crippen molar-refractivity contribution in [1.82, 2.24) is 4.72 Å². The molecule has 3 N–H and O–H groups in total. The number of alkyl halides is 2. The average molecular weight is 350 g/mol. The topological polar surface area (TPSA) is 72.2 Å². The first kappa shape index (κ1) is 21.3. The highest BCUT2D eigenvalue weighted by atomic mass is 35.5. The Labute approximate surface area is 131 Å². The number of hydrogen-bond acceptors (Lipinski definition) is 3. The van der Waals surface area contributed by atoms with Gasteiger partial charge < -0.3 is 5.73 Å². The van der Waals surface area contributed by atoms with Gasteiger partial charge in [-0.15, -0.1) is 35.6 Å². The van der Waals surface area contributed by atoms with E-state index in [1.807, 2.05) is 6.92 Å². The minimum atomic E-state index is -3.37. The maximum atomic E-state index is 11.5. The molecular weight excluding hydrogens is 331 g/mol. The van der Waals surface area contributed by atoms with Gasteiger partial charge in [0, 0.05) is 24.8 Å². The van der Waals surface area contributed by atoms with Crippen LogP contribution >= 0.6 is 35.6 Å². The van der Waals surface area contributed by atoms with Crippen LogP contribution in [0, 0.1) is 6.92 Å². The van der Waals surface area contributed by atoms with Crippen molar-refractivity contribution in [3.63, 3.8) is 0 Å². The van der Waals surface area contributed by atoms with Gasteiger partial charge in [0.25, 0.3) is 0 Å². The molecule has 0 heterocycles. The van der Waals surface area contributed by atoms with Crippen LogP contribution in [-0.2, 0) is 10.0 Å². The lowest BCUT2D eigenvalue weighted by Gasteiger charge is -2.04. The minimum absolute atomic E-state index is 0. The third-order valence-electron chi connectivity index (χ3n) is 1.83. The Morgan fingerprint density at radius 2 is 1.63 bits per heavy atom. The second-order valence-electron chi connectivity index (χ2n) is 3.38. The van der Waals surface area contributed by atoms with E-state index in [2.05, 4.69) is 4.72 Å². The van der Waals surface area contributed by atoms with E-state index in [9.17, 15) is 8.42 Å². The fraction of sp³-hybridized carbons (Fsp3) is 0.455. The lowest BCUT2D eigenvalue weighted by atomic mass is 10.2. The van der Waals surface area contributed by atoms with Gasteiger partial charge in [0.2, 0.25) is 10.0 Å². The second-order valence-corrected chi connectivity index (χ2v) is 5.90. The molecule has 0 aliphatic rings. The van der Waals surface area contributed by atoms with Crippen molar-refractivity contribution in [3.8, 4) is 0 Å². The molecule has 0 atom stereocenters. The van der Waals surface area contributed by atoms with Gasteiger partial charge in [-0.25, -0.2) is 13.1 Å². The number of sulfonamides is 1. The van der Waals surface area contributed by atoms with Crippen molar-refractivity contribution < 1.29 is 8.42 Å². The van der Waals surface area contributed by atoms with Crippen molar-refractivity contribution in [2.24, 2.45) is 5.73 Å². The van der Waals surface area contributed by atoms with E-state index < -0.39 is 10.0 Å². The monoisotopic (exact) mass is 348 g/mol. The minimum Gasteiger partial charge on any atom is -0.329 e. The molecule has 19 heavy (non-hydrogen) atoms. The van der Waals surface area contributed by atoms with Crippen LogP contribution in [0.4, 0.5) is 0 Å². The summed E-state index contributed by atoms with van der Waals surface area (Å²) in [5, 5.41) is 0. The van der Waals surface area contributed by atoms with Crippen LogP contribution in [-0.4, -0.2) is 33.3 Å². The number of benzene rings is 1. The lowest BCUT2D eigenvalue weighted by molar-refractivity contribution is 0.584. The van der Waals surface area contributed by atoms with Crippen LogP contribution in [0.15, 0.2) is 29.2 Å². The molecule has 0 radical (unpaired) electrons. The van der Waals surface area contributed by atoms with Crippen molar-refractivity contribution in [3.05, 3.63) is 29.8 Å². The van der Waals surface area contributed by atoms with Crippen LogP contribution in [0.3, 0.4) is 0 Å². The number of hydrogen-bond donors (Lipinski definition) is 2. The third-order valence-corrected chi connectivity index (χ3v) is 3.71. The smallest absolute Gasteiger partial charge is 0.240 e. The zero-order valence-electron chi connectivity index (χ0n) is 10.6. The van der Waals surface area contributed by atoms with E-state index in [1.54, 1.807) is 24.3 Å². The van der Waals surface area contributed by atoms with E-state index in [0.717, 1.165) is 5.56 Å². The first-order valence-electron chi connectivity index (χ1n) is 5.36. The molecule has 1 rings (SSSR count). The molecule has 0 fully saturated rings. The largest absolute Gasteiger partial charge is 0.329 e. The SMILES string of the molecule is Cc1ccc(S(=O)(=O)NCCCl)cc1.Cl.NCCCl. The van der Waals surface area contributed by atoms with E-state index in [-0.39, 0.29) is 29.7 Å². The summed E-state index contributed by atoms with van der Waals surface area (Å²) in [6.45, 7) is 2.74. The predicted octanol–water partition coefficient (Wildman–Crippen LogP) is 2.12. The molecule has 0 aromatic heterocycles. The maximum absolute atomic E-state index is 11.5. The number of aryl methyl sites for hydroxylation is 1. The van der Waals surface area contributed by atoms with Crippen LogP contribution in [0.2, 0.25) is 0 Å². The van der Waals surface area contributed by atoms with Crippen molar-refractivity contribution in [2.75, 3.05) is 24.8 Å². The molecule has 0 spiro atoms. The Morgan fingerprint density at radius 1 is 1.16 bits per heavy atom. The van der Waals surface area contributed by atoms with E-state index >= 15 is 0 Å². The Hall–Kier alpha value is -0.0400. The molecule has 0 aliphatic carbocycles. The fourth-order valence-corrected chi connectivity index (χ4v) is 2.21. The summed E-state index contributed by atoms with van der Waals surface area (Å²) in [5.74, 6) is 0.838. The Bertz CT molecular complexity index is 422. The number of rotatable bonds is 5. The van der Waals surface area contributed by atoms with Crippen molar-refractivity contribution in [1.29, 1.82) is 0 Å². The molecule has 112 valence electrons. The quantitative estimate of drug-likeness (QED) is 0.800. The molecule has 0 unspecified atom stereocenters. The van der Waals surface area contributed by atoms with Gasteiger partial charge >= 0.3 is 0 Å². The summed E-state index contributed by atoms with van der Waals surface area (Å²) in [7, 11) is -3.37. The average Bonchev–Trinajstić information content (AvgIpc) is 2.37. The lowest BCUT2D eigenvalue weighted by Crippen LogP contribution is -2.25. The highest BCUT2D eigenvalue weighted by Crippen LogP contribution is 2.09. The van der Waals surface area contributed by atoms with Gasteiger partial charge in [0.05, 0.1) is 4.90 Å². The Morgan fingerprint density at radius 3 is 2.00 bits per heavy atom. The van der Waals surface area contributed by atoms with Gasteiger partial charge in [0.15, 0.2) is 0 Å². The number of halogens is 3. The summed E-state index contributed by atoms with van der Waals surface area (Å²) >= 11 is 10.5. The Kier molecular flexibility index (Phi) is 13.2. The van der Waals surface area contributed by atoms with Gasteiger partial charge in [-0.1, -0.05) is 17.7 Å². The molecule has 0 aliphatic heterocycles. The summed E-state index contributed by atoms with van der Waals surface area (Å²) in [6.07, 6.45) is 0. The van der Waals surface area contributed by atoms with Crippen LogP contribution in [0.5, 0.6) is 0 Å². The number of nitrogens with two attached hydrogens (primary N) is 1. The number of nitrogens with one attached hydrogen (secondary N) is 1. The summed E-state index contributed by atoms with van der Waals surface area (Å²) in [4.78, 5) is 0.271. The van der Waals surface area contributed by atoms with E-state index in [0.29, 0.717) is 12.4 Å². The molecular formula is C11H19Cl3N2O2S. The summed E-state index contributed by atoms with van der Waals surface area (Å²) < 4.78 is 25.4. The first-order chi connectivity index (χ1) is 8.47. The van der Waals surface area contributed by atoms with E-state index in [4.69, 9.17) is 28.9 Å². The molecule has 0 bridgehead atoms. The highest BCUT2D eigenvalue weighted by Gasteiger charge is 2.11. The predicted molar refractivity (Wildman–Crippen MR) is 84.1 cm³/mol. The molecule has 4 nitrogen and oxygen atoms in total. The Balaban J connectivity index is 0. The third kappa shape index (κ3) is 9.49.